The van der Waals surface area contributed by atoms with Gasteiger partial charge in [-0.3, -0.25) is 4.79 Å². The van der Waals surface area contributed by atoms with Crippen LogP contribution in [-0.4, -0.2) is 24.2 Å². The van der Waals surface area contributed by atoms with Gasteiger partial charge in [0.15, 0.2) is 0 Å². The van der Waals surface area contributed by atoms with E-state index >= 15 is 0 Å². The van der Waals surface area contributed by atoms with Crippen LogP contribution in [-0.2, 0) is 4.79 Å². The highest BCUT2D eigenvalue weighted by atomic mass is 16.5. The lowest BCUT2D eigenvalue weighted by Gasteiger charge is -2.24. The molecule has 0 aliphatic carbocycles. The van der Waals surface area contributed by atoms with Gasteiger partial charge in [0, 0.05) is 12.1 Å². The molecule has 100 valence electrons. The van der Waals surface area contributed by atoms with Crippen molar-refractivity contribution in [3.05, 3.63) is 17.0 Å². The molecular formula is C13H21N3O2. The number of hydrogen-bond donors (Lipinski definition) is 2. The second-order valence-corrected chi connectivity index (χ2v) is 5.01. The standard InChI is InChI=1S/C13H21N3O2/c1-8(12-9(2)16-18-10(12)3)15-13(17)11-5-4-6-14-7-11/h8,11,14H,4-7H2,1-3H3,(H,15,17)/t8?,11-/m0/s1. The molecule has 1 aromatic heterocycles. The molecule has 2 heterocycles. The average molecular weight is 251 g/mol. The first-order valence-corrected chi connectivity index (χ1v) is 6.53. The summed E-state index contributed by atoms with van der Waals surface area (Å²) in [6.07, 6.45) is 2.03. The molecule has 1 aliphatic rings. The molecule has 0 bridgehead atoms. The molecule has 0 radical (unpaired) electrons. The molecule has 5 nitrogen and oxygen atoms in total. The van der Waals surface area contributed by atoms with Crippen molar-refractivity contribution in [2.45, 2.75) is 39.7 Å². The number of aryl methyl sites for hydroxylation is 2. The Labute approximate surface area is 107 Å². The highest BCUT2D eigenvalue weighted by Crippen LogP contribution is 2.21. The number of rotatable bonds is 3. The number of nitrogens with one attached hydrogen (secondary N) is 2. The lowest BCUT2D eigenvalue weighted by molar-refractivity contribution is -0.126. The Kier molecular flexibility index (Phi) is 4.01. The third kappa shape index (κ3) is 2.72. The van der Waals surface area contributed by atoms with E-state index in [1.165, 1.54) is 0 Å². The van der Waals surface area contributed by atoms with Gasteiger partial charge < -0.3 is 15.2 Å². The first-order valence-electron chi connectivity index (χ1n) is 6.53. The molecule has 1 saturated heterocycles. The molecule has 1 unspecified atom stereocenters. The summed E-state index contributed by atoms with van der Waals surface area (Å²) < 4.78 is 5.13. The number of hydrogen-bond acceptors (Lipinski definition) is 4. The van der Waals surface area contributed by atoms with Gasteiger partial charge in [-0.15, -0.1) is 0 Å². The molecule has 0 saturated carbocycles. The van der Waals surface area contributed by atoms with Gasteiger partial charge in [-0.2, -0.15) is 0 Å². The largest absolute Gasteiger partial charge is 0.361 e. The Morgan fingerprint density at radius 3 is 2.89 bits per heavy atom. The quantitative estimate of drug-likeness (QED) is 0.853. The van der Waals surface area contributed by atoms with E-state index in [0.717, 1.165) is 42.9 Å². The average Bonchev–Trinajstić information content (AvgIpc) is 2.70. The van der Waals surface area contributed by atoms with Crippen LogP contribution in [0, 0.1) is 19.8 Å². The van der Waals surface area contributed by atoms with Crippen LogP contribution in [0.2, 0.25) is 0 Å². The van der Waals surface area contributed by atoms with Gasteiger partial charge >= 0.3 is 0 Å². The van der Waals surface area contributed by atoms with Crippen LogP contribution in [0.15, 0.2) is 4.52 Å². The van der Waals surface area contributed by atoms with Crippen LogP contribution in [0.25, 0.3) is 0 Å². The monoisotopic (exact) mass is 251 g/mol. The summed E-state index contributed by atoms with van der Waals surface area (Å²) in [5.74, 6) is 0.985. The summed E-state index contributed by atoms with van der Waals surface area (Å²) in [6, 6.07) is -0.0503. The lowest BCUT2D eigenvalue weighted by Crippen LogP contribution is -2.41. The molecule has 1 aliphatic heterocycles. The molecule has 2 rings (SSSR count). The van der Waals surface area contributed by atoms with E-state index in [-0.39, 0.29) is 17.9 Å². The highest BCUT2D eigenvalue weighted by Gasteiger charge is 2.24. The molecule has 1 aromatic rings. The Morgan fingerprint density at radius 1 is 1.56 bits per heavy atom. The van der Waals surface area contributed by atoms with Crippen molar-refractivity contribution in [3.8, 4) is 0 Å². The first kappa shape index (κ1) is 13.1. The van der Waals surface area contributed by atoms with Crippen molar-refractivity contribution in [2.75, 3.05) is 13.1 Å². The maximum Gasteiger partial charge on any atom is 0.224 e. The number of piperidine rings is 1. The Hall–Kier alpha value is -1.36. The summed E-state index contributed by atoms with van der Waals surface area (Å²) in [5.41, 5.74) is 1.84. The lowest BCUT2D eigenvalue weighted by atomic mass is 9.97. The van der Waals surface area contributed by atoms with Crippen LogP contribution in [0.1, 0.15) is 42.8 Å². The predicted octanol–water partition coefficient (Wildman–Crippen LogP) is 1.47. The SMILES string of the molecule is Cc1noc(C)c1C(C)NC(=O)[C@H]1CCCNC1. The molecule has 1 fully saturated rings. The van der Waals surface area contributed by atoms with E-state index in [1.807, 2.05) is 20.8 Å². The molecule has 0 spiro atoms. The Morgan fingerprint density at radius 2 is 2.33 bits per heavy atom. The van der Waals surface area contributed by atoms with Crippen LogP contribution >= 0.6 is 0 Å². The molecule has 2 N–H and O–H groups in total. The molecule has 18 heavy (non-hydrogen) atoms. The zero-order valence-corrected chi connectivity index (χ0v) is 11.2. The molecule has 0 aromatic carbocycles. The van der Waals surface area contributed by atoms with Gasteiger partial charge in [0.25, 0.3) is 0 Å². The Bertz CT molecular complexity index is 402. The summed E-state index contributed by atoms with van der Waals surface area (Å²) >= 11 is 0. The highest BCUT2D eigenvalue weighted by molar-refractivity contribution is 5.79. The van der Waals surface area contributed by atoms with Crippen LogP contribution in [0.4, 0.5) is 0 Å². The maximum atomic E-state index is 12.1. The normalized spacial score (nSPS) is 21.6. The van der Waals surface area contributed by atoms with Crippen LogP contribution < -0.4 is 10.6 Å². The second-order valence-electron chi connectivity index (χ2n) is 5.01. The number of amides is 1. The Balaban J connectivity index is 1.98. The number of aromatic nitrogens is 1. The van der Waals surface area contributed by atoms with E-state index in [0.29, 0.717) is 0 Å². The minimum atomic E-state index is -0.0503. The summed E-state index contributed by atoms with van der Waals surface area (Å²) in [4.78, 5) is 12.1. The van der Waals surface area contributed by atoms with Crippen molar-refractivity contribution in [1.82, 2.24) is 15.8 Å². The van der Waals surface area contributed by atoms with Crippen molar-refractivity contribution >= 4 is 5.91 Å². The minimum absolute atomic E-state index is 0.0503. The number of carbonyl (C=O) groups excluding carboxylic acids is 1. The van der Waals surface area contributed by atoms with E-state index in [1.54, 1.807) is 0 Å². The summed E-state index contributed by atoms with van der Waals surface area (Å²) in [5, 5.41) is 10.2. The van der Waals surface area contributed by atoms with E-state index in [9.17, 15) is 4.79 Å². The van der Waals surface area contributed by atoms with Gasteiger partial charge in [0.1, 0.15) is 5.76 Å². The summed E-state index contributed by atoms with van der Waals surface area (Å²) in [7, 11) is 0. The van der Waals surface area contributed by atoms with Gasteiger partial charge in [-0.1, -0.05) is 5.16 Å². The number of carbonyl (C=O) groups is 1. The predicted molar refractivity (Wildman–Crippen MR) is 68.1 cm³/mol. The molecule has 5 heteroatoms. The smallest absolute Gasteiger partial charge is 0.224 e. The van der Waals surface area contributed by atoms with Crippen molar-refractivity contribution in [1.29, 1.82) is 0 Å². The fourth-order valence-electron chi connectivity index (χ4n) is 2.59. The van der Waals surface area contributed by atoms with Crippen molar-refractivity contribution in [2.24, 2.45) is 5.92 Å². The third-order valence-corrected chi connectivity index (χ3v) is 3.55. The van der Waals surface area contributed by atoms with Gasteiger partial charge in [0.05, 0.1) is 17.7 Å². The molecular weight excluding hydrogens is 230 g/mol. The van der Waals surface area contributed by atoms with E-state index in [4.69, 9.17) is 4.52 Å². The fraction of sp³-hybridized carbons (Fsp3) is 0.692. The van der Waals surface area contributed by atoms with Crippen LogP contribution in [0.5, 0.6) is 0 Å². The van der Waals surface area contributed by atoms with Gasteiger partial charge in [0.2, 0.25) is 5.91 Å². The zero-order chi connectivity index (χ0) is 13.1. The number of nitrogens with zero attached hydrogens (tertiary/aromatic N) is 1. The van der Waals surface area contributed by atoms with E-state index < -0.39 is 0 Å². The van der Waals surface area contributed by atoms with Crippen molar-refractivity contribution < 1.29 is 9.32 Å². The second kappa shape index (κ2) is 5.52. The van der Waals surface area contributed by atoms with Gasteiger partial charge in [-0.05, 0) is 40.2 Å². The fourth-order valence-corrected chi connectivity index (χ4v) is 2.59. The van der Waals surface area contributed by atoms with Crippen LogP contribution in [0.3, 0.4) is 0 Å². The molecule has 2 atom stereocenters. The van der Waals surface area contributed by atoms with Gasteiger partial charge in [-0.25, -0.2) is 0 Å². The molecule has 1 amide bonds. The van der Waals surface area contributed by atoms with E-state index in [2.05, 4.69) is 15.8 Å². The zero-order valence-electron chi connectivity index (χ0n) is 11.2. The third-order valence-electron chi connectivity index (χ3n) is 3.55. The minimum Gasteiger partial charge on any atom is -0.361 e. The van der Waals surface area contributed by atoms with Crippen molar-refractivity contribution in [3.63, 3.8) is 0 Å². The topological polar surface area (TPSA) is 67.2 Å². The summed E-state index contributed by atoms with van der Waals surface area (Å²) in [6.45, 7) is 7.54. The maximum absolute atomic E-state index is 12.1. The first-order chi connectivity index (χ1) is 8.59.